The summed E-state index contributed by atoms with van der Waals surface area (Å²) in [6.45, 7) is 5.83. The van der Waals surface area contributed by atoms with Gasteiger partial charge in [0.15, 0.2) is 0 Å². The quantitative estimate of drug-likeness (QED) is 0.617. The van der Waals surface area contributed by atoms with Gasteiger partial charge in [0.2, 0.25) is 5.91 Å². The Morgan fingerprint density at radius 3 is 2.61 bits per heavy atom. The van der Waals surface area contributed by atoms with Crippen LogP contribution in [0.5, 0.6) is 0 Å². The van der Waals surface area contributed by atoms with Gasteiger partial charge in [-0.25, -0.2) is 0 Å². The Morgan fingerprint density at radius 1 is 1.44 bits per heavy atom. The predicted molar refractivity (Wildman–Crippen MR) is 69.6 cm³/mol. The molecule has 0 bridgehead atoms. The summed E-state index contributed by atoms with van der Waals surface area (Å²) in [6, 6.07) is 4.58. The number of nitro benzene ring substituents is 1. The Labute approximate surface area is 106 Å². The number of nitrogens with zero attached hydrogens (tertiary/aromatic N) is 1. The highest BCUT2D eigenvalue weighted by Crippen LogP contribution is 2.20. The van der Waals surface area contributed by atoms with E-state index in [2.05, 4.69) is 10.6 Å². The van der Waals surface area contributed by atoms with Crippen LogP contribution < -0.4 is 10.6 Å². The number of anilines is 1. The summed E-state index contributed by atoms with van der Waals surface area (Å²) in [6.07, 6.45) is 0. The van der Waals surface area contributed by atoms with Crippen LogP contribution in [0.1, 0.15) is 19.4 Å². The van der Waals surface area contributed by atoms with E-state index in [4.69, 9.17) is 0 Å². The molecule has 6 heteroatoms. The summed E-state index contributed by atoms with van der Waals surface area (Å²) >= 11 is 0. The Hall–Kier alpha value is -1.95. The van der Waals surface area contributed by atoms with Crippen molar-refractivity contribution < 1.29 is 9.72 Å². The molecule has 0 unspecified atom stereocenters. The van der Waals surface area contributed by atoms with E-state index >= 15 is 0 Å². The van der Waals surface area contributed by atoms with Gasteiger partial charge in [0.1, 0.15) is 0 Å². The number of benzene rings is 1. The predicted octanol–water partition coefficient (Wildman–Crippen LogP) is 1.84. The minimum Gasteiger partial charge on any atom is -0.325 e. The molecule has 18 heavy (non-hydrogen) atoms. The number of carbonyl (C=O) groups excluding carboxylic acids is 1. The van der Waals surface area contributed by atoms with Gasteiger partial charge in [0, 0.05) is 23.9 Å². The molecule has 1 aromatic rings. The third-order valence-corrected chi connectivity index (χ3v) is 2.37. The second-order valence-electron chi connectivity index (χ2n) is 4.34. The zero-order valence-electron chi connectivity index (χ0n) is 10.7. The monoisotopic (exact) mass is 251 g/mol. The third-order valence-electron chi connectivity index (χ3n) is 2.37. The largest absolute Gasteiger partial charge is 0.325 e. The topological polar surface area (TPSA) is 84.3 Å². The lowest BCUT2D eigenvalue weighted by atomic mass is 10.2. The fourth-order valence-corrected chi connectivity index (χ4v) is 1.39. The molecule has 0 aliphatic heterocycles. The zero-order chi connectivity index (χ0) is 13.7. The second-order valence-corrected chi connectivity index (χ2v) is 4.34. The molecule has 0 saturated carbocycles. The van der Waals surface area contributed by atoms with Crippen LogP contribution in [0.25, 0.3) is 0 Å². The number of rotatable bonds is 5. The fraction of sp³-hybridized carbons (Fsp3) is 0.417. The van der Waals surface area contributed by atoms with Gasteiger partial charge in [-0.3, -0.25) is 14.9 Å². The highest BCUT2D eigenvalue weighted by molar-refractivity contribution is 5.93. The summed E-state index contributed by atoms with van der Waals surface area (Å²) in [4.78, 5) is 21.7. The number of carbonyl (C=O) groups is 1. The lowest BCUT2D eigenvalue weighted by Gasteiger charge is -2.10. The number of hydrogen-bond acceptors (Lipinski definition) is 4. The first-order chi connectivity index (χ1) is 8.40. The first-order valence-corrected chi connectivity index (χ1v) is 5.68. The molecule has 1 rings (SSSR count). The summed E-state index contributed by atoms with van der Waals surface area (Å²) in [5, 5.41) is 16.3. The van der Waals surface area contributed by atoms with Crippen molar-refractivity contribution in [3.8, 4) is 0 Å². The van der Waals surface area contributed by atoms with Crippen molar-refractivity contribution in [2.75, 3.05) is 11.9 Å². The van der Waals surface area contributed by atoms with Crippen LogP contribution in [-0.4, -0.2) is 23.4 Å². The van der Waals surface area contributed by atoms with Crippen molar-refractivity contribution in [3.63, 3.8) is 0 Å². The van der Waals surface area contributed by atoms with Crippen LogP contribution >= 0.6 is 0 Å². The minimum absolute atomic E-state index is 0.0193. The minimum atomic E-state index is -0.459. The molecule has 0 atom stereocenters. The average molecular weight is 251 g/mol. The van der Waals surface area contributed by atoms with Crippen molar-refractivity contribution in [1.82, 2.24) is 5.32 Å². The first kappa shape index (κ1) is 14.1. The van der Waals surface area contributed by atoms with Crippen LogP contribution in [0.15, 0.2) is 18.2 Å². The Kier molecular flexibility index (Phi) is 4.79. The smallest absolute Gasteiger partial charge is 0.269 e. The van der Waals surface area contributed by atoms with Gasteiger partial charge in [-0.05, 0) is 18.6 Å². The summed E-state index contributed by atoms with van der Waals surface area (Å²) in [5.74, 6) is -0.166. The number of non-ortho nitro benzene ring substituents is 1. The molecule has 0 spiro atoms. The molecular formula is C12H17N3O3. The maximum atomic E-state index is 11.6. The highest BCUT2D eigenvalue weighted by Gasteiger charge is 2.10. The van der Waals surface area contributed by atoms with E-state index in [-0.39, 0.29) is 24.2 Å². The van der Waals surface area contributed by atoms with Gasteiger partial charge in [-0.2, -0.15) is 0 Å². The Morgan fingerprint density at radius 2 is 2.11 bits per heavy atom. The van der Waals surface area contributed by atoms with E-state index in [1.165, 1.54) is 12.1 Å². The molecule has 0 saturated heterocycles. The van der Waals surface area contributed by atoms with E-state index in [9.17, 15) is 14.9 Å². The fourth-order valence-electron chi connectivity index (χ4n) is 1.39. The van der Waals surface area contributed by atoms with Gasteiger partial charge in [-0.1, -0.05) is 13.8 Å². The highest BCUT2D eigenvalue weighted by atomic mass is 16.6. The number of hydrogen-bond donors (Lipinski definition) is 2. The Balaban J connectivity index is 2.68. The molecule has 0 fully saturated rings. The Bertz CT molecular complexity index is 458. The lowest BCUT2D eigenvalue weighted by Crippen LogP contribution is -2.32. The first-order valence-electron chi connectivity index (χ1n) is 5.68. The third kappa shape index (κ3) is 4.14. The van der Waals surface area contributed by atoms with Crippen LogP contribution in [-0.2, 0) is 4.79 Å². The van der Waals surface area contributed by atoms with Crippen molar-refractivity contribution in [3.05, 3.63) is 33.9 Å². The van der Waals surface area contributed by atoms with E-state index in [1.54, 1.807) is 13.0 Å². The summed E-state index contributed by atoms with van der Waals surface area (Å²) in [5.41, 5.74) is 1.28. The normalized spacial score (nSPS) is 10.4. The van der Waals surface area contributed by atoms with Gasteiger partial charge in [0.25, 0.3) is 5.69 Å². The molecule has 0 aliphatic rings. The van der Waals surface area contributed by atoms with Crippen LogP contribution in [0.2, 0.25) is 0 Å². The standard InChI is InChI=1S/C12H17N3O3/c1-8(2)13-7-12(16)14-11-5-4-10(15(17)18)6-9(11)3/h4-6,8,13H,7H2,1-3H3,(H,14,16). The van der Waals surface area contributed by atoms with Gasteiger partial charge in [0.05, 0.1) is 11.5 Å². The van der Waals surface area contributed by atoms with E-state index in [1.807, 2.05) is 13.8 Å². The van der Waals surface area contributed by atoms with Gasteiger partial charge >= 0.3 is 0 Å². The molecule has 1 aromatic carbocycles. The summed E-state index contributed by atoms with van der Waals surface area (Å²) < 4.78 is 0. The van der Waals surface area contributed by atoms with Gasteiger partial charge < -0.3 is 10.6 Å². The maximum absolute atomic E-state index is 11.6. The average Bonchev–Trinajstić information content (AvgIpc) is 2.29. The molecule has 0 radical (unpaired) electrons. The molecule has 1 amide bonds. The molecule has 0 aliphatic carbocycles. The van der Waals surface area contributed by atoms with Crippen molar-refractivity contribution in [2.24, 2.45) is 0 Å². The number of nitrogens with one attached hydrogen (secondary N) is 2. The van der Waals surface area contributed by atoms with E-state index in [0.717, 1.165) is 0 Å². The van der Waals surface area contributed by atoms with Crippen molar-refractivity contribution >= 4 is 17.3 Å². The second kappa shape index (κ2) is 6.11. The number of nitro groups is 1. The molecular weight excluding hydrogens is 234 g/mol. The zero-order valence-corrected chi connectivity index (χ0v) is 10.7. The van der Waals surface area contributed by atoms with Gasteiger partial charge in [-0.15, -0.1) is 0 Å². The number of aryl methyl sites for hydroxylation is 1. The van der Waals surface area contributed by atoms with Crippen LogP contribution in [0.3, 0.4) is 0 Å². The molecule has 98 valence electrons. The van der Waals surface area contributed by atoms with Crippen molar-refractivity contribution in [1.29, 1.82) is 0 Å². The van der Waals surface area contributed by atoms with E-state index in [0.29, 0.717) is 11.3 Å². The number of amides is 1. The molecule has 0 heterocycles. The molecule has 6 nitrogen and oxygen atoms in total. The molecule has 0 aromatic heterocycles. The summed E-state index contributed by atoms with van der Waals surface area (Å²) in [7, 11) is 0. The lowest BCUT2D eigenvalue weighted by molar-refractivity contribution is -0.384. The van der Waals surface area contributed by atoms with E-state index < -0.39 is 4.92 Å². The van der Waals surface area contributed by atoms with Crippen LogP contribution in [0, 0.1) is 17.0 Å². The SMILES string of the molecule is Cc1cc([N+](=O)[O-])ccc1NC(=O)CNC(C)C. The van der Waals surface area contributed by atoms with Crippen molar-refractivity contribution in [2.45, 2.75) is 26.8 Å². The molecule has 2 N–H and O–H groups in total. The maximum Gasteiger partial charge on any atom is 0.269 e. The van der Waals surface area contributed by atoms with Crippen LogP contribution in [0.4, 0.5) is 11.4 Å².